The number of carbonyl (C=O) groups excluding carboxylic acids is 1. The van der Waals surface area contributed by atoms with E-state index in [0.29, 0.717) is 30.5 Å². The summed E-state index contributed by atoms with van der Waals surface area (Å²) in [5, 5.41) is 9.08. The van der Waals surface area contributed by atoms with E-state index in [1.54, 1.807) is 23.1 Å². The summed E-state index contributed by atoms with van der Waals surface area (Å²) in [6.07, 6.45) is 3.75. The molecule has 1 saturated heterocycles. The molecule has 7 nitrogen and oxygen atoms in total. The van der Waals surface area contributed by atoms with Gasteiger partial charge in [0.2, 0.25) is 11.8 Å². The molecule has 2 aromatic heterocycles. The van der Waals surface area contributed by atoms with Crippen LogP contribution in [0.2, 0.25) is 0 Å². The summed E-state index contributed by atoms with van der Waals surface area (Å²) in [6, 6.07) is 8.81. The molecule has 2 aliphatic rings. The molecule has 0 unspecified atom stereocenters. The largest absolute Gasteiger partial charge is 0.425 e. The van der Waals surface area contributed by atoms with E-state index in [-0.39, 0.29) is 17.4 Å². The number of carbonyl (C=O) groups is 1. The Labute approximate surface area is 155 Å². The Morgan fingerprint density at radius 1 is 0.963 bits per heavy atom. The van der Waals surface area contributed by atoms with Crippen molar-refractivity contribution in [2.75, 3.05) is 13.1 Å². The second-order valence-corrected chi connectivity index (χ2v) is 7.30. The third-order valence-electron chi connectivity index (χ3n) is 5.39. The predicted octanol–water partition coefficient (Wildman–Crippen LogP) is 3.07. The first kappa shape index (κ1) is 16.2. The van der Waals surface area contributed by atoms with Crippen molar-refractivity contribution in [2.45, 2.75) is 37.5 Å². The Bertz CT molecular complexity index is 1060. The van der Waals surface area contributed by atoms with E-state index >= 15 is 0 Å². The first-order chi connectivity index (χ1) is 13.2. The highest BCUT2D eigenvalue weighted by molar-refractivity contribution is 5.96. The van der Waals surface area contributed by atoms with Gasteiger partial charge in [0.05, 0.1) is 0 Å². The zero-order valence-electron chi connectivity index (χ0n) is 14.8. The van der Waals surface area contributed by atoms with Gasteiger partial charge in [0.1, 0.15) is 11.1 Å². The zero-order chi connectivity index (χ0) is 18.4. The number of para-hydroxylation sites is 1. The molecule has 0 N–H and O–H groups in total. The minimum Gasteiger partial charge on any atom is -0.425 e. The van der Waals surface area contributed by atoms with Gasteiger partial charge in [0.25, 0.3) is 5.91 Å². The van der Waals surface area contributed by atoms with Crippen LogP contribution in [0.1, 0.15) is 59.7 Å². The normalized spacial score (nSPS) is 18.1. The molecular formula is C20H19N3O4. The van der Waals surface area contributed by atoms with E-state index < -0.39 is 5.63 Å². The van der Waals surface area contributed by atoms with Crippen LogP contribution in [0.25, 0.3) is 11.0 Å². The van der Waals surface area contributed by atoms with Crippen LogP contribution in [0.5, 0.6) is 0 Å². The standard InChI is InChI=1S/C20H19N3O4/c24-19(15-11-14-3-1-2-4-16(14)26-20(15)25)23-9-7-13(8-10-23)18-22-21-17(27-18)12-5-6-12/h1-4,11-13H,5-10H2. The number of nitrogens with zero attached hydrogens (tertiary/aromatic N) is 3. The van der Waals surface area contributed by atoms with Gasteiger partial charge in [0.15, 0.2) is 0 Å². The Morgan fingerprint density at radius 3 is 2.33 bits per heavy atom. The van der Waals surface area contributed by atoms with Crippen LogP contribution in [0.15, 0.2) is 44.0 Å². The highest BCUT2D eigenvalue weighted by Crippen LogP contribution is 2.40. The van der Waals surface area contributed by atoms with E-state index in [1.807, 2.05) is 12.1 Å². The van der Waals surface area contributed by atoms with Gasteiger partial charge in [0, 0.05) is 30.3 Å². The maximum absolute atomic E-state index is 12.8. The monoisotopic (exact) mass is 365 g/mol. The lowest BCUT2D eigenvalue weighted by atomic mass is 9.96. The van der Waals surface area contributed by atoms with E-state index in [0.717, 1.165) is 37.0 Å². The van der Waals surface area contributed by atoms with Gasteiger partial charge in [-0.25, -0.2) is 4.79 Å². The first-order valence-corrected chi connectivity index (χ1v) is 9.34. The fourth-order valence-electron chi connectivity index (χ4n) is 3.62. The fraction of sp³-hybridized carbons (Fsp3) is 0.400. The Kier molecular flexibility index (Phi) is 3.81. The summed E-state index contributed by atoms with van der Waals surface area (Å²) in [6.45, 7) is 1.10. The molecule has 138 valence electrons. The van der Waals surface area contributed by atoms with Crippen molar-refractivity contribution in [3.8, 4) is 0 Å². The van der Waals surface area contributed by atoms with Crippen molar-refractivity contribution in [1.29, 1.82) is 0 Å². The van der Waals surface area contributed by atoms with Gasteiger partial charge in [-0.2, -0.15) is 0 Å². The highest BCUT2D eigenvalue weighted by atomic mass is 16.4. The number of hydrogen-bond acceptors (Lipinski definition) is 6. The lowest BCUT2D eigenvalue weighted by Crippen LogP contribution is -2.39. The molecule has 3 heterocycles. The molecule has 5 rings (SSSR count). The fourth-order valence-corrected chi connectivity index (χ4v) is 3.62. The lowest BCUT2D eigenvalue weighted by molar-refractivity contribution is 0.0702. The molecule has 1 aliphatic carbocycles. The number of aromatic nitrogens is 2. The molecular weight excluding hydrogens is 346 g/mol. The summed E-state index contributed by atoms with van der Waals surface area (Å²) in [5.74, 6) is 1.76. The van der Waals surface area contributed by atoms with Crippen LogP contribution in [0.3, 0.4) is 0 Å². The molecule has 1 aliphatic heterocycles. The van der Waals surface area contributed by atoms with Gasteiger partial charge in [-0.15, -0.1) is 10.2 Å². The summed E-state index contributed by atoms with van der Waals surface area (Å²) in [7, 11) is 0. The average Bonchev–Trinajstić information content (AvgIpc) is 3.44. The Morgan fingerprint density at radius 2 is 1.63 bits per heavy atom. The summed E-state index contributed by atoms with van der Waals surface area (Å²) in [5.41, 5.74) is -0.0200. The molecule has 27 heavy (non-hydrogen) atoms. The van der Waals surface area contributed by atoms with Gasteiger partial charge in [-0.1, -0.05) is 18.2 Å². The summed E-state index contributed by atoms with van der Waals surface area (Å²) in [4.78, 5) is 26.8. The number of fused-ring (bicyclic) bond motifs is 1. The van der Waals surface area contributed by atoms with Crippen LogP contribution >= 0.6 is 0 Å². The molecule has 3 aromatic rings. The second-order valence-electron chi connectivity index (χ2n) is 7.30. The van der Waals surface area contributed by atoms with Crippen molar-refractivity contribution in [2.24, 2.45) is 0 Å². The van der Waals surface area contributed by atoms with Crippen LogP contribution in [0, 0.1) is 0 Å². The van der Waals surface area contributed by atoms with E-state index in [1.165, 1.54) is 0 Å². The van der Waals surface area contributed by atoms with E-state index in [2.05, 4.69) is 10.2 Å². The van der Waals surface area contributed by atoms with Crippen molar-refractivity contribution < 1.29 is 13.6 Å². The van der Waals surface area contributed by atoms with Gasteiger partial charge >= 0.3 is 5.63 Å². The molecule has 7 heteroatoms. The number of benzene rings is 1. The second kappa shape index (κ2) is 6.33. The molecule has 0 radical (unpaired) electrons. The smallest absolute Gasteiger partial charge is 0.349 e. The maximum atomic E-state index is 12.8. The van der Waals surface area contributed by atoms with Gasteiger partial charge in [-0.05, 0) is 37.8 Å². The molecule has 1 aromatic carbocycles. The summed E-state index contributed by atoms with van der Waals surface area (Å²) < 4.78 is 11.1. The molecule has 0 bridgehead atoms. The molecule has 1 amide bonds. The van der Waals surface area contributed by atoms with Crippen molar-refractivity contribution in [1.82, 2.24) is 15.1 Å². The zero-order valence-corrected chi connectivity index (χ0v) is 14.8. The SMILES string of the molecule is O=C(c1cc2ccccc2oc1=O)N1CCC(c2nnc(C3CC3)o2)CC1. The minimum atomic E-state index is -0.591. The number of amides is 1. The summed E-state index contributed by atoms with van der Waals surface area (Å²) >= 11 is 0. The quantitative estimate of drug-likeness (QED) is 0.663. The molecule has 0 spiro atoms. The average molecular weight is 365 g/mol. The number of piperidine rings is 1. The first-order valence-electron chi connectivity index (χ1n) is 9.34. The highest BCUT2D eigenvalue weighted by Gasteiger charge is 2.33. The number of likely N-dealkylation sites (tertiary alicyclic amines) is 1. The third kappa shape index (κ3) is 3.03. The Balaban J connectivity index is 1.30. The van der Waals surface area contributed by atoms with Gasteiger partial charge < -0.3 is 13.7 Å². The van der Waals surface area contributed by atoms with Gasteiger partial charge in [-0.3, -0.25) is 4.79 Å². The third-order valence-corrected chi connectivity index (χ3v) is 5.39. The Hall–Kier alpha value is -2.96. The van der Waals surface area contributed by atoms with Crippen molar-refractivity contribution in [3.63, 3.8) is 0 Å². The maximum Gasteiger partial charge on any atom is 0.349 e. The van der Waals surface area contributed by atoms with Crippen molar-refractivity contribution in [3.05, 3.63) is 58.1 Å². The number of hydrogen-bond donors (Lipinski definition) is 0. The van der Waals surface area contributed by atoms with Crippen LogP contribution < -0.4 is 5.63 Å². The van der Waals surface area contributed by atoms with Crippen molar-refractivity contribution >= 4 is 16.9 Å². The predicted molar refractivity (Wildman–Crippen MR) is 96.6 cm³/mol. The lowest BCUT2D eigenvalue weighted by Gasteiger charge is -2.30. The van der Waals surface area contributed by atoms with Crippen LogP contribution in [0.4, 0.5) is 0 Å². The number of rotatable bonds is 3. The molecule has 1 saturated carbocycles. The molecule has 2 fully saturated rings. The van der Waals surface area contributed by atoms with Crippen LogP contribution in [-0.4, -0.2) is 34.1 Å². The molecule has 0 atom stereocenters. The van der Waals surface area contributed by atoms with E-state index in [4.69, 9.17) is 8.83 Å². The minimum absolute atomic E-state index is 0.0842. The van der Waals surface area contributed by atoms with Crippen LogP contribution in [-0.2, 0) is 0 Å². The topological polar surface area (TPSA) is 89.4 Å². The van der Waals surface area contributed by atoms with E-state index in [9.17, 15) is 9.59 Å².